The van der Waals surface area contributed by atoms with Crippen molar-refractivity contribution in [1.29, 1.82) is 0 Å². The summed E-state index contributed by atoms with van der Waals surface area (Å²) >= 11 is 0. The van der Waals surface area contributed by atoms with Gasteiger partial charge in [-0.3, -0.25) is 4.99 Å². The zero-order valence-electron chi connectivity index (χ0n) is 9.00. The van der Waals surface area contributed by atoms with Gasteiger partial charge in [-0.2, -0.15) is 0 Å². The molecule has 0 aromatic heterocycles. The van der Waals surface area contributed by atoms with Gasteiger partial charge in [0.2, 0.25) is 0 Å². The number of benzene rings is 1. The summed E-state index contributed by atoms with van der Waals surface area (Å²) in [7, 11) is 0. The van der Waals surface area contributed by atoms with E-state index in [1.165, 1.54) is 12.1 Å². The van der Waals surface area contributed by atoms with Gasteiger partial charge in [0.05, 0.1) is 0 Å². The minimum Gasteiger partial charge on any atom is -0.312 e. The molecule has 1 aromatic carbocycles. The molecular weight excluding hydrogens is 193 g/mol. The molecule has 0 heterocycles. The van der Waals surface area contributed by atoms with E-state index in [1.54, 1.807) is 12.1 Å². The Morgan fingerprint density at radius 2 is 2.00 bits per heavy atom. The Morgan fingerprint density at radius 3 is 2.47 bits per heavy atom. The van der Waals surface area contributed by atoms with Crippen molar-refractivity contribution in [2.75, 3.05) is 0 Å². The third-order valence-electron chi connectivity index (χ3n) is 1.87. The number of hydrazine groups is 1. The van der Waals surface area contributed by atoms with Gasteiger partial charge in [0.15, 0.2) is 0 Å². The van der Waals surface area contributed by atoms with Crippen LogP contribution in [0.1, 0.15) is 19.4 Å². The molecule has 0 fully saturated rings. The third-order valence-corrected chi connectivity index (χ3v) is 1.87. The zero-order valence-corrected chi connectivity index (χ0v) is 9.00. The van der Waals surface area contributed by atoms with Crippen molar-refractivity contribution in [2.24, 2.45) is 10.8 Å². The number of rotatable bonds is 3. The quantitative estimate of drug-likeness (QED) is 0.344. The van der Waals surface area contributed by atoms with Crippen LogP contribution >= 0.6 is 0 Å². The summed E-state index contributed by atoms with van der Waals surface area (Å²) in [5.41, 5.74) is 3.53. The van der Waals surface area contributed by atoms with Crippen LogP contribution in [0.2, 0.25) is 0 Å². The largest absolute Gasteiger partial charge is 0.312 e. The summed E-state index contributed by atoms with van der Waals surface area (Å²) in [6.45, 7) is 3.95. The van der Waals surface area contributed by atoms with Crippen LogP contribution in [-0.2, 0) is 6.42 Å². The van der Waals surface area contributed by atoms with E-state index in [0.717, 1.165) is 5.56 Å². The number of nitrogens with zero attached hydrogens (tertiary/aromatic N) is 1. The molecule has 3 N–H and O–H groups in total. The average molecular weight is 209 g/mol. The van der Waals surface area contributed by atoms with Gasteiger partial charge in [-0.05, 0) is 31.5 Å². The van der Waals surface area contributed by atoms with Gasteiger partial charge in [0.1, 0.15) is 11.7 Å². The smallest absolute Gasteiger partial charge is 0.123 e. The average Bonchev–Trinajstić information content (AvgIpc) is 2.19. The van der Waals surface area contributed by atoms with Gasteiger partial charge in [-0.15, -0.1) is 0 Å². The van der Waals surface area contributed by atoms with E-state index < -0.39 is 0 Å². The Morgan fingerprint density at radius 1 is 1.40 bits per heavy atom. The normalized spacial score (nSPS) is 11.9. The van der Waals surface area contributed by atoms with Crippen molar-refractivity contribution >= 4 is 5.84 Å². The molecule has 1 rings (SSSR count). The highest BCUT2D eigenvalue weighted by atomic mass is 19.1. The predicted molar refractivity (Wildman–Crippen MR) is 60.0 cm³/mol. The second kappa shape index (κ2) is 5.46. The van der Waals surface area contributed by atoms with Gasteiger partial charge in [-0.25, -0.2) is 10.2 Å². The van der Waals surface area contributed by atoms with Gasteiger partial charge in [0.25, 0.3) is 0 Å². The van der Waals surface area contributed by atoms with Crippen LogP contribution < -0.4 is 11.3 Å². The summed E-state index contributed by atoms with van der Waals surface area (Å²) in [5, 5.41) is 0. The molecule has 0 radical (unpaired) electrons. The topological polar surface area (TPSA) is 50.4 Å². The summed E-state index contributed by atoms with van der Waals surface area (Å²) in [4.78, 5) is 4.30. The lowest BCUT2D eigenvalue weighted by Crippen LogP contribution is -2.32. The van der Waals surface area contributed by atoms with E-state index in [1.807, 2.05) is 13.8 Å². The van der Waals surface area contributed by atoms with Gasteiger partial charge in [-0.1, -0.05) is 12.1 Å². The SMILES string of the molecule is CC(C)N=C(Cc1ccc(F)cc1)NN. The number of halogens is 1. The van der Waals surface area contributed by atoms with E-state index >= 15 is 0 Å². The summed E-state index contributed by atoms with van der Waals surface area (Å²) in [6.07, 6.45) is 0.592. The van der Waals surface area contributed by atoms with E-state index in [9.17, 15) is 4.39 Å². The standard InChI is InChI=1S/C11H16FN3/c1-8(2)14-11(15-13)7-9-3-5-10(12)6-4-9/h3-6,8H,7,13H2,1-2H3,(H,14,15). The molecule has 4 heteroatoms. The van der Waals surface area contributed by atoms with Crippen LogP contribution in [0.3, 0.4) is 0 Å². The van der Waals surface area contributed by atoms with E-state index in [0.29, 0.717) is 12.3 Å². The van der Waals surface area contributed by atoms with Crippen molar-refractivity contribution in [3.63, 3.8) is 0 Å². The second-order valence-corrected chi connectivity index (χ2v) is 3.62. The molecule has 15 heavy (non-hydrogen) atoms. The fraction of sp³-hybridized carbons (Fsp3) is 0.364. The predicted octanol–water partition coefficient (Wildman–Crippen LogP) is 1.64. The highest BCUT2D eigenvalue weighted by molar-refractivity contribution is 5.83. The molecule has 0 aliphatic rings. The first-order chi connectivity index (χ1) is 7.11. The Kier molecular flexibility index (Phi) is 4.24. The lowest BCUT2D eigenvalue weighted by molar-refractivity contribution is 0.627. The lowest BCUT2D eigenvalue weighted by Gasteiger charge is -2.07. The first-order valence-corrected chi connectivity index (χ1v) is 4.89. The molecular formula is C11H16FN3. The minimum atomic E-state index is -0.234. The molecule has 1 aromatic rings. The van der Waals surface area contributed by atoms with Crippen LogP contribution in [0.5, 0.6) is 0 Å². The van der Waals surface area contributed by atoms with Crippen molar-refractivity contribution < 1.29 is 4.39 Å². The molecule has 0 saturated heterocycles. The van der Waals surface area contributed by atoms with Crippen LogP contribution in [-0.4, -0.2) is 11.9 Å². The van der Waals surface area contributed by atoms with Crippen molar-refractivity contribution in [1.82, 2.24) is 5.43 Å². The number of hydrogen-bond donors (Lipinski definition) is 2. The number of nitrogens with two attached hydrogens (primary N) is 1. The first kappa shape index (κ1) is 11.7. The number of aliphatic imine (C=N–C) groups is 1. The zero-order chi connectivity index (χ0) is 11.3. The molecule has 0 unspecified atom stereocenters. The molecule has 0 amide bonds. The molecule has 0 aliphatic carbocycles. The molecule has 0 spiro atoms. The Hall–Kier alpha value is -1.42. The van der Waals surface area contributed by atoms with Gasteiger partial charge >= 0.3 is 0 Å². The molecule has 0 bridgehead atoms. The fourth-order valence-electron chi connectivity index (χ4n) is 1.24. The molecule has 0 saturated carbocycles. The summed E-state index contributed by atoms with van der Waals surface area (Å²) in [5.74, 6) is 5.81. The van der Waals surface area contributed by atoms with E-state index in [-0.39, 0.29) is 11.9 Å². The first-order valence-electron chi connectivity index (χ1n) is 4.89. The van der Waals surface area contributed by atoms with Crippen LogP contribution in [0.15, 0.2) is 29.3 Å². The lowest BCUT2D eigenvalue weighted by atomic mass is 10.1. The van der Waals surface area contributed by atoms with Crippen molar-refractivity contribution in [3.05, 3.63) is 35.6 Å². The van der Waals surface area contributed by atoms with E-state index in [2.05, 4.69) is 10.4 Å². The number of hydrogen-bond acceptors (Lipinski definition) is 2. The third kappa shape index (κ3) is 4.08. The van der Waals surface area contributed by atoms with Crippen LogP contribution in [0, 0.1) is 5.82 Å². The van der Waals surface area contributed by atoms with Crippen LogP contribution in [0.25, 0.3) is 0 Å². The number of nitrogens with one attached hydrogen (secondary N) is 1. The number of amidine groups is 1. The van der Waals surface area contributed by atoms with Gasteiger partial charge < -0.3 is 5.43 Å². The minimum absolute atomic E-state index is 0.191. The Bertz CT molecular complexity index is 330. The van der Waals surface area contributed by atoms with E-state index in [4.69, 9.17) is 5.84 Å². The fourth-order valence-corrected chi connectivity index (χ4v) is 1.24. The maximum absolute atomic E-state index is 12.6. The monoisotopic (exact) mass is 209 g/mol. The second-order valence-electron chi connectivity index (χ2n) is 3.62. The highest BCUT2D eigenvalue weighted by Gasteiger charge is 2.01. The summed E-state index contributed by atoms with van der Waals surface area (Å²) < 4.78 is 12.6. The molecule has 3 nitrogen and oxygen atoms in total. The Balaban J connectivity index is 2.71. The summed E-state index contributed by atoms with van der Waals surface area (Å²) in [6, 6.07) is 6.50. The van der Waals surface area contributed by atoms with Crippen LogP contribution in [0.4, 0.5) is 4.39 Å². The van der Waals surface area contributed by atoms with Gasteiger partial charge in [0, 0.05) is 12.5 Å². The molecule has 0 aliphatic heterocycles. The van der Waals surface area contributed by atoms with Crippen molar-refractivity contribution in [2.45, 2.75) is 26.3 Å². The maximum Gasteiger partial charge on any atom is 0.123 e. The Labute approximate surface area is 89.2 Å². The molecule has 0 atom stereocenters. The highest BCUT2D eigenvalue weighted by Crippen LogP contribution is 2.04. The van der Waals surface area contributed by atoms with Crippen molar-refractivity contribution in [3.8, 4) is 0 Å². The molecule has 82 valence electrons. The maximum atomic E-state index is 12.6.